The van der Waals surface area contributed by atoms with E-state index in [2.05, 4.69) is 4.98 Å². The standard InChI is InChI=1S/C12H15BN2O3/c1-11(2)12(3,4)18-13(17-11)8-5-10(16)9(6-14)15-7-8/h5,7,16H,1-4H3. The molecule has 1 fully saturated rings. The van der Waals surface area contributed by atoms with Crippen molar-refractivity contribution in [3.63, 3.8) is 0 Å². The van der Waals surface area contributed by atoms with E-state index in [0.717, 1.165) is 0 Å². The van der Waals surface area contributed by atoms with Crippen molar-refractivity contribution in [1.29, 1.82) is 5.26 Å². The topological polar surface area (TPSA) is 75.4 Å². The highest BCUT2D eigenvalue weighted by Crippen LogP contribution is 2.36. The minimum Gasteiger partial charge on any atom is -0.505 e. The molecule has 1 aliphatic heterocycles. The van der Waals surface area contributed by atoms with Gasteiger partial charge in [0, 0.05) is 11.7 Å². The quantitative estimate of drug-likeness (QED) is 0.747. The van der Waals surface area contributed by atoms with Crippen LogP contribution in [0.25, 0.3) is 0 Å². The molecule has 5 nitrogen and oxygen atoms in total. The summed E-state index contributed by atoms with van der Waals surface area (Å²) in [6, 6.07) is 3.25. The van der Waals surface area contributed by atoms with Crippen molar-refractivity contribution in [2.75, 3.05) is 0 Å². The lowest BCUT2D eigenvalue weighted by Crippen LogP contribution is -2.41. The molecule has 6 heteroatoms. The number of hydrogen-bond acceptors (Lipinski definition) is 5. The SMILES string of the molecule is CC1(C)OB(c2cnc(C#N)c(O)c2)OC1(C)C. The van der Waals surface area contributed by atoms with Crippen LogP contribution in [0, 0.1) is 11.3 Å². The molecule has 18 heavy (non-hydrogen) atoms. The van der Waals surface area contributed by atoms with Crippen molar-refractivity contribution in [1.82, 2.24) is 4.98 Å². The van der Waals surface area contributed by atoms with Crippen LogP contribution in [-0.2, 0) is 9.31 Å². The Kier molecular flexibility index (Phi) is 2.84. The molecular weight excluding hydrogens is 231 g/mol. The van der Waals surface area contributed by atoms with Crippen LogP contribution < -0.4 is 5.46 Å². The zero-order valence-electron chi connectivity index (χ0n) is 10.9. The number of nitriles is 1. The van der Waals surface area contributed by atoms with Gasteiger partial charge < -0.3 is 14.4 Å². The number of nitrogens with zero attached hydrogens (tertiary/aromatic N) is 2. The maximum absolute atomic E-state index is 9.62. The molecule has 1 N–H and O–H groups in total. The van der Waals surface area contributed by atoms with Gasteiger partial charge in [-0.1, -0.05) is 0 Å². The van der Waals surface area contributed by atoms with Gasteiger partial charge in [0.15, 0.2) is 11.4 Å². The maximum atomic E-state index is 9.62. The van der Waals surface area contributed by atoms with E-state index in [1.807, 2.05) is 27.7 Å². The second-order valence-electron chi connectivity index (χ2n) is 5.34. The monoisotopic (exact) mass is 246 g/mol. The van der Waals surface area contributed by atoms with Crippen LogP contribution in [-0.4, -0.2) is 28.4 Å². The van der Waals surface area contributed by atoms with Crippen LogP contribution >= 0.6 is 0 Å². The molecule has 1 aromatic rings. The average Bonchev–Trinajstić information content (AvgIpc) is 2.48. The summed E-state index contributed by atoms with van der Waals surface area (Å²) in [7, 11) is -0.582. The van der Waals surface area contributed by atoms with Crippen LogP contribution in [0.5, 0.6) is 5.75 Å². The first kappa shape index (κ1) is 12.9. The van der Waals surface area contributed by atoms with Gasteiger partial charge in [-0.15, -0.1) is 0 Å². The molecule has 0 saturated carbocycles. The summed E-state index contributed by atoms with van der Waals surface area (Å²) < 4.78 is 11.6. The Labute approximate surface area is 107 Å². The van der Waals surface area contributed by atoms with E-state index in [4.69, 9.17) is 14.6 Å². The van der Waals surface area contributed by atoms with E-state index in [1.165, 1.54) is 12.3 Å². The normalized spacial score (nSPS) is 20.7. The third-order valence-electron chi connectivity index (χ3n) is 3.52. The molecule has 0 atom stereocenters. The Morgan fingerprint density at radius 2 is 1.83 bits per heavy atom. The Morgan fingerprint density at radius 3 is 2.28 bits per heavy atom. The number of pyridine rings is 1. The largest absolute Gasteiger partial charge is 0.505 e. The predicted octanol–water partition coefficient (Wildman–Crippen LogP) is 0.958. The molecule has 0 unspecified atom stereocenters. The fourth-order valence-electron chi connectivity index (χ4n) is 1.66. The molecule has 0 amide bonds. The summed E-state index contributed by atoms with van der Waals surface area (Å²) in [5.74, 6) is -0.162. The third-order valence-corrected chi connectivity index (χ3v) is 3.52. The fraction of sp³-hybridized carbons (Fsp3) is 0.500. The van der Waals surface area contributed by atoms with Crippen LogP contribution in [0.2, 0.25) is 0 Å². The molecule has 94 valence electrons. The van der Waals surface area contributed by atoms with E-state index >= 15 is 0 Å². The summed E-state index contributed by atoms with van der Waals surface area (Å²) in [6.07, 6.45) is 1.49. The van der Waals surface area contributed by atoms with Gasteiger partial charge in [-0.3, -0.25) is 0 Å². The first-order chi connectivity index (χ1) is 8.27. The highest BCUT2D eigenvalue weighted by atomic mass is 16.7. The Hall–Kier alpha value is -1.58. The second-order valence-corrected chi connectivity index (χ2v) is 5.34. The minimum absolute atomic E-state index is 0.00438. The Balaban J connectivity index is 2.31. The van der Waals surface area contributed by atoms with Crippen molar-refractivity contribution < 1.29 is 14.4 Å². The van der Waals surface area contributed by atoms with Gasteiger partial charge in [-0.2, -0.15) is 5.26 Å². The number of hydrogen-bond donors (Lipinski definition) is 1. The van der Waals surface area contributed by atoms with Gasteiger partial charge >= 0.3 is 7.12 Å². The summed E-state index contributed by atoms with van der Waals surface area (Å²) >= 11 is 0. The van der Waals surface area contributed by atoms with E-state index < -0.39 is 18.3 Å². The van der Waals surface area contributed by atoms with Gasteiger partial charge in [0.1, 0.15) is 6.07 Å². The zero-order chi connectivity index (χ0) is 13.6. The molecule has 0 aliphatic carbocycles. The molecule has 1 aliphatic rings. The van der Waals surface area contributed by atoms with E-state index in [9.17, 15) is 5.11 Å². The predicted molar refractivity (Wildman–Crippen MR) is 66.3 cm³/mol. The van der Waals surface area contributed by atoms with Gasteiger partial charge in [0.25, 0.3) is 0 Å². The van der Waals surface area contributed by atoms with Gasteiger partial charge in [0.05, 0.1) is 11.2 Å². The average molecular weight is 246 g/mol. The molecule has 2 heterocycles. The smallest absolute Gasteiger partial charge is 0.496 e. The number of aromatic hydroxyl groups is 1. The van der Waals surface area contributed by atoms with Gasteiger partial charge in [0.2, 0.25) is 0 Å². The fourth-order valence-corrected chi connectivity index (χ4v) is 1.66. The molecule has 1 aromatic heterocycles. The molecule has 0 aromatic carbocycles. The summed E-state index contributed by atoms with van der Waals surface area (Å²) in [5, 5.41) is 18.3. The number of rotatable bonds is 1. The minimum atomic E-state index is -0.582. The van der Waals surface area contributed by atoms with Crippen molar-refractivity contribution in [3.05, 3.63) is 18.0 Å². The molecule has 0 spiro atoms. The maximum Gasteiger partial charge on any atom is 0.496 e. The lowest BCUT2D eigenvalue weighted by Gasteiger charge is -2.32. The second kappa shape index (κ2) is 3.97. The lowest BCUT2D eigenvalue weighted by molar-refractivity contribution is 0.00578. The van der Waals surface area contributed by atoms with Crippen molar-refractivity contribution in [3.8, 4) is 11.8 Å². The van der Waals surface area contributed by atoms with E-state index in [0.29, 0.717) is 5.46 Å². The lowest BCUT2D eigenvalue weighted by atomic mass is 9.80. The van der Waals surface area contributed by atoms with Crippen molar-refractivity contribution in [2.24, 2.45) is 0 Å². The van der Waals surface area contributed by atoms with Crippen LogP contribution in [0.4, 0.5) is 0 Å². The summed E-state index contributed by atoms with van der Waals surface area (Å²) in [4.78, 5) is 3.87. The zero-order valence-corrected chi connectivity index (χ0v) is 10.9. The highest BCUT2D eigenvalue weighted by Gasteiger charge is 2.51. The van der Waals surface area contributed by atoms with Crippen LogP contribution in [0.3, 0.4) is 0 Å². The molecule has 1 saturated heterocycles. The third kappa shape index (κ3) is 1.96. The molecular formula is C12H15BN2O3. The van der Waals surface area contributed by atoms with E-state index in [1.54, 1.807) is 6.07 Å². The molecule has 0 radical (unpaired) electrons. The van der Waals surface area contributed by atoms with Crippen LogP contribution in [0.15, 0.2) is 12.3 Å². The van der Waals surface area contributed by atoms with E-state index in [-0.39, 0.29) is 11.4 Å². The van der Waals surface area contributed by atoms with Gasteiger partial charge in [-0.25, -0.2) is 4.98 Å². The Morgan fingerprint density at radius 1 is 1.28 bits per heavy atom. The first-order valence-electron chi connectivity index (χ1n) is 5.71. The molecule has 2 rings (SSSR count). The number of aromatic nitrogens is 1. The van der Waals surface area contributed by atoms with Crippen LogP contribution in [0.1, 0.15) is 33.4 Å². The Bertz CT molecular complexity index is 507. The first-order valence-corrected chi connectivity index (χ1v) is 5.71. The van der Waals surface area contributed by atoms with Gasteiger partial charge in [-0.05, 0) is 33.8 Å². The summed E-state index contributed by atoms with van der Waals surface area (Å²) in [6.45, 7) is 7.79. The molecule has 0 bridgehead atoms. The van der Waals surface area contributed by atoms with Crippen molar-refractivity contribution in [2.45, 2.75) is 38.9 Å². The van der Waals surface area contributed by atoms with Crippen molar-refractivity contribution >= 4 is 12.6 Å². The highest BCUT2D eigenvalue weighted by molar-refractivity contribution is 6.62. The summed E-state index contributed by atoms with van der Waals surface area (Å²) in [5.41, 5.74) is -0.289.